The Morgan fingerprint density at radius 3 is 2.59 bits per heavy atom. The SMILES string of the molecule is C/C=C(\NC(=O)c1nc2oc1[C@@]1(C#N)CCc3ccc(cc31)CC(NC(=O)[C@@H](O)C(C)C)C(=O)N[C@H]2C(C)(C)C)C(=O)OC. The molecule has 1 aliphatic carbocycles. The lowest BCUT2D eigenvalue weighted by atomic mass is 9.79. The number of carbonyl (C=O) groups excluding carboxylic acids is 4. The van der Waals surface area contributed by atoms with Crippen LogP contribution in [0.1, 0.15) is 92.8 Å². The van der Waals surface area contributed by atoms with Gasteiger partial charge in [0.25, 0.3) is 5.91 Å². The van der Waals surface area contributed by atoms with Crippen LogP contribution in [0.5, 0.6) is 0 Å². The zero-order chi connectivity index (χ0) is 32.6. The number of aromatic nitrogens is 1. The molecule has 1 aromatic heterocycles. The molecule has 4 rings (SSSR count). The fourth-order valence-corrected chi connectivity index (χ4v) is 5.56. The van der Waals surface area contributed by atoms with Crippen molar-refractivity contribution in [3.8, 4) is 6.07 Å². The summed E-state index contributed by atoms with van der Waals surface area (Å²) >= 11 is 0. The first-order valence-electron chi connectivity index (χ1n) is 14.6. The lowest BCUT2D eigenvalue weighted by Crippen LogP contribution is -2.53. The molecule has 1 aromatic carbocycles. The van der Waals surface area contributed by atoms with Crippen LogP contribution in [0, 0.1) is 22.7 Å². The topological polar surface area (TPSA) is 184 Å². The normalized spacial score (nSPS) is 22.2. The van der Waals surface area contributed by atoms with Crippen molar-refractivity contribution in [1.29, 1.82) is 5.26 Å². The number of oxazole rings is 1. The average molecular weight is 606 g/mol. The molecular formula is C32H39N5O7. The number of nitriles is 1. The predicted octanol–water partition coefficient (Wildman–Crippen LogP) is 2.50. The number of rotatable bonds is 6. The highest BCUT2D eigenvalue weighted by atomic mass is 16.5. The van der Waals surface area contributed by atoms with Gasteiger partial charge in [-0.2, -0.15) is 5.26 Å². The van der Waals surface area contributed by atoms with Gasteiger partial charge < -0.3 is 30.2 Å². The minimum atomic E-state index is -1.40. The molecule has 2 aliphatic rings. The van der Waals surface area contributed by atoms with E-state index in [2.05, 4.69) is 27.0 Å². The minimum absolute atomic E-state index is 0.0118. The number of nitrogens with one attached hydrogen (secondary N) is 3. The van der Waals surface area contributed by atoms with Crippen LogP contribution in [-0.2, 0) is 37.4 Å². The maximum absolute atomic E-state index is 13.8. The van der Waals surface area contributed by atoms with E-state index in [0.717, 1.165) is 5.56 Å². The first kappa shape index (κ1) is 32.4. The molecule has 234 valence electrons. The number of aliphatic hydroxyl groups excluding tert-OH is 1. The minimum Gasteiger partial charge on any atom is -0.464 e. The first-order valence-corrected chi connectivity index (χ1v) is 14.6. The molecule has 2 aromatic rings. The second-order valence-electron chi connectivity index (χ2n) is 12.6. The molecule has 12 heteroatoms. The van der Waals surface area contributed by atoms with Gasteiger partial charge in [-0.25, -0.2) is 9.78 Å². The van der Waals surface area contributed by atoms with E-state index in [1.807, 2.05) is 32.9 Å². The van der Waals surface area contributed by atoms with Crippen molar-refractivity contribution < 1.29 is 33.4 Å². The molecule has 1 aliphatic heterocycles. The number of nitrogens with zero attached hydrogens (tertiary/aromatic N) is 2. The highest BCUT2D eigenvalue weighted by Crippen LogP contribution is 2.47. The summed E-state index contributed by atoms with van der Waals surface area (Å²) < 4.78 is 11.1. The molecule has 0 spiro atoms. The number of carbonyl (C=O) groups is 4. The number of benzene rings is 1. The third-order valence-corrected chi connectivity index (χ3v) is 8.16. The van der Waals surface area contributed by atoms with Crippen molar-refractivity contribution in [2.24, 2.45) is 11.3 Å². The van der Waals surface area contributed by atoms with Gasteiger partial charge in [-0.1, -0.05) is 58.9 Å². The molecule has 4 N–H and O–H groups in total. The molecule has 3 amide bonds. The third-order valence-electron chi connectivity index (χ3n) is 8.16. The van der Waals surface area contributed by atoms with Crippen LogP contribution >= 0.6 is 0 Å². The lowest BCUT2D eigenvalue weighted by Gasteiger charge is -2.31. The summed E-state index contributed by atoms with van der Waals surface area (Å²) in [6.45, 7) is 10.5. The third kappa shape index (κ3) is 5.97. The Bertz CT molecular complexity index is 1560. The van der Waals surface area contributed by atoms with E-state index in [9.17, 15) is 29.5 Å². The largest absolute Gasteiger partial charge is 0.464 e. The number of hydrogen-bond acceptors (Lipinski definition) is 9. The van der Waals surface area contributed by atoms with Gasteiger partial charge in [0.05, 0.1) is 13.2 Å². The number of allylic oxidation sites excluding steroid dienone is 1. The Kier molecular flexibility index (Phi) is 9.02. The molecule has 44 heavy (non-hydrogen) atoms. The van der Waals surface area contributed by atoms with Gasteiger partial charge in [0, 0.05) is 6.42 Å². The van der Waals surface area contributed by atoms with Crippen LogP contribution in [0.25, 0.3) is 0 Å². The Labute approximate surface area is 256 Å². The number of ether oxygens (including phenoxy) is 1. The average Bonchev–Trinajstić information content (AvgIpc) is 3.58. The molecule has 0 saturated heterocycles. The van der Waals surface area contributed by atoms with Gasteiger partial charge in [-0.3, -0.25) is 14.4 Å². The number of aliphatic hydroxyl groups is 1. The number of fused-ring (bicyclic) bond motifs is 4. The summed E-state index contributed by atoms with van der Waals surface area (Å²) in [5.74, 6) is -3.16. The van der Waals surface area contributed by atoms with Gasteiger partial charge in [0.15, 0.2) is 11.5 Å². The van der Waals surface area contributed by atoms with Crippen molar-refractivity contribution >= 4 is 23.7 Å². The quantitative estimate of drug-likeness (QED) is 0.284. The fourth-order valence-electron chi connectivity index (χ4n) is 5.56. The van der Waals surface area contributed by atoms with E-state index in [0.29, 0.717) is 24.0 Å². The smallest absolute Gasteiger partial charge is 0.354 e. The Morgan fingerprint density at radius 1 is 1.30 bits per heavy atom. The van der Waals surface area contributed by atoms with Crippen molar-refractivity contribution in [3.63, 3.8) is 0 Å². The Balaban J connectivity index is 1.93. The van der Waals surface area contributed by atoms with Gasteiger partial charge in [0.2, 0.25) is 17.7 Å². The van der Waals surface area contributed by atoms with Crippen molar-refractivity contribution in [3.05, 3.63) is 64.0 Å². The molecule has 2 heterocycles. The molecular weight excluding hydrogens is 566 g/mol. The molecule has 0 fully saturated rings. The first-order chi connectivity index (χ1) is 20.7. The van der Waals surface area contributed by atoms with E-state index in [-0.39, 0.29) is 35.4 Å². The van der Waals surface area contributed by atoms with Crippen LogP contribution in [0.4, 0.5) is 0 Å². The van der Waals surface area contributed by atoms with Crippen molar-refractivity contribution in [2.75, 3.05) is 7.11 Å². The Morgan fingerprint density at radius 2 is 2.00 bits per heavy atom. The van der Waals surface area contributed by atoms with Gasteiger partial charge >= 0.3 is 5.97 Å². The standard InChI is InChI=1S/C32H39N5O7/c1-8-20(30(42)43-7)34-27(40)22-25-32(15-33)12-11-18-10-9-17(13-19(18)32)14-21(35-28(41)23(38)16(2)3)26(39)37-24(31(4,5)6)29(36-22)44-25/h8-10,13,16,21,23-24,38H,11-12,14H2,1-7H3,(H,34,40)(H,35,41)(H,37,39)/b20-8-/t21?,23-,24+,32+/m0/s1. The summed E-state index contributed by atoms with van der Waals surface area (Å²) in [7, 11) is 1.19. The van der Waals surface area contributed by atoms with E-state index < -0.39 is 52.7 Å². The van der Waals surface area contributed by atoms with Crippen LogP contribution in [0.3, 0.4) is 0 Å². The van der Waals surface area contributed by atoms with E-state index in [1.165, 1.54) is 13.2 Å². The molecule has 4 bridgehead atoms. The summed E-state index contributed by atoms with van der Waals surface area (Å²) in [5, 5.41) is 29.3. The Hall–Kier alpha value is -4.50. The van der Waals surface area contributed by atoms with E-state index in [4.69, 9.17) is 9.15 Å². The molecule has 0 radical (unpaired) electrons. The number of aryl methyl sites for hydroxylation is 1. The fraction of sp³-hybridized carbons (Fsp3) is 0.500. The monoisotopic (exact) mass is 605 g/mol. The number of amides is 3. The highest BCUT2D eigenvalue weighted by Gasteiger charge is 2.49. The van der Waals surface area contributed by atoms with E-state index >= 15 is 0 Å². The zero-order valence-electron chi connectivity index (χ0n) is 26.0. The number of esters is 1. The predicted molar refractivity (Wildman–Crippen MR) is 158 cm³/mol. The van der Waals surface area contributed by atoms with E-state index in [1.54, 1.807) is 26.8 Å². The van der Waals surface area contributed by atoms with Crippen LogP contribution < -0.4 is 16.0 Å². The summed E-state index contributed by atoms with van der Waals surface area (Å²) in [6.07, 6.45) is 0.960. The maximum Gasteiger partial charge on any atom is 0.354 e. The molecule has 1 unspecified atom stereocenters. The van der Waals surface area contributed by atoms with Crippen LogP contribution in [0.15, 0.2) is 34.4 Å². The maximum atomic E-state index is 13.8. The van der Waals surface area contributed by atoms with Crippen LogP contribution in [-0.4, -0.2) is 53.0 Å². The highest BCUT2D eigenvalue weighted by molar-refractivity contribution is 6.01. The molecule has 4 atom stereocenters. The zero-order valence-corrected chi connectivity index (χ0v) is 26.0. The summed E-state index contributed by atoms with van der Waals surface area (Å²) in [5.41, 5.74) is -0.295. The van der Waals surface area contributed by atoms with Crippen molar-refractivity contribution in [2.45, 2.75) is 84.4 Å². The molecule has 12 nitrogen and oxygen atoms in total. The number of hydrogen-bond donors (Lipinski definition) is 4. The summed E-state index contributed by atoms with van der Waals surface area (Å²) in [4.78, 5) is 57.2. The second-order valence-corrected chi connectivity index (χ2v) is 12.6. The van der Waals surface area contributed by atoms with Gasteiger partial charge in [-0.15, -0.1) is 0 Å². The number of methoxy groups -OCH3 is 1. The van der Waals surface area contributed by atoms with Crippen LogP contribution in [0.2, 0.25) is 0 Å². The van der Waals surface area contributed by atoms with Crippen molar-refractivity contribution in [1.82, 2.24) is 20.9 Å². The summed E-state index contributed by atoms with van der Waals surface area (Å²) in [6, 6.07) is 5.89. The molecule has 0 saturated carbocycles. The second kappa shape index (κ2) is 12.2. The van der Waals surface area contributed by atoms with Gasteiger partial charge in [0.1, 0.15) is 29.3 Å². The lowest BCUT2D eigenvalue weighted by molar-refractivity contribution is -0.136. The van der Waals surface area contributed by atoms with Gasteiger partial charge in [-0.05, 0) is 47.8 Å².